The highest BCUT2D eigenvalue weighted by atomic mass is 35.5. The Kier molecular flexibility index (Phi) is 1.91. The number of benzene rings is 2. The number of nitrogens with zero attached hydrogens (tertiary/aromatic N) is 1. The Bertz CT molecular complexity index is 893. The van der Waals surface area contributed by atoms with Crippen LogP contribution in [-0.4, -0.2) is 9.97 Å². The van der Waals surface area contributed by atoms with E-state index in [2.05, 4.69) is 28.2 Å². The second-order valence-corrected chi connectivity index (χ2v) is 4.82. The van der Waals surface area contributed by atoms with Gasteiger partial charge in [0.15, 0.2) is 0 Å². The van der Waals surface area contributed by atoms with Gasteiger partial charge in [0.1, 0.15) is 5.65 Å². The molecule has 0 atom stereocenters. The molecule has 0 aliphatic heterocycles. The summed E-state index contributed by atoms with van der Waals surface area (Å²) in [6.45, 7) is 0. The summed E-state index contributed by atoms with van der Waals surface area (Å²) in [7, 11) is 0. The summed E-state index contributed by atoms with van der Waals surface area (Å²) >= 11 is 6.02. The molecule has 2 aromatic heterocycles. The van der Waals surface area contributed by atoms with E-state index in [1.165, 1.54) is 16.2 Å². The van der Waals surface area contributed by atoms with Gasteiger partial charge in [0.05, 0.1) is 0 Å². The predicted molar refractivity (Wildman–Crippen MR) is 76.1 cm³/mol. The van der Waals surface area contributed by atoms with Crippen molar-refractivity contribution < 1.29 is 0 Å². The van der Waals surface area contributed by atoms with Gasteiger partial charge in [-0.25, -0.2) is 4.98 Å². The highest BCUT2D eigenvalue weighted by molar-refractivity contribution is 6.32. The molecule has 0 aliphatic carbocycles. The van der Waals surface area contributed by atoms with Gasteiger partial charge in [0.25, 0.3) is 0 Å². The Morgan fingerprint density at radius 2 is 1.89 bits per heavy atom. The number of aromatic amines is 1. The molecular weight excluding hydrogens is 244 g/mol. The van der Waals surface area contributed by atoms with Crippen molar-refractivity contribution in [3.8, 4) is 0 Å². The standard InChI is InChI=1S/C15H9ClN2/c16-10-5-6-12-13(7-10)18-15-14(12)11-4-2-1-3-9(11)8-17-15/h1-8H,(H,17,18). The van der Waals surface area contributed by atoms with Crippen LogP contribution in [0.1, 0.15) is 0 Å². The lowest BCUT2D eigenvalue weighted by Crippen LogP contribution is -1.78. The molecule has 0 aliphatic rings. The van der Waals surface area contributed by atoms with E-state index >= 15 is 0 Å². The molecule has 18 heavy (non-hydrogen) atoms. The highest BCUT2D eigenvalue weighted by Crippen LogP contribution is 2.31. The van der Waals surface area contributed by atoms with Crippen LogP contribution < -0.4 is 0 Å². The van der Waals surface area contributed by atoms with Gasteiger partial charge in [-0.2, -0.15) is 0 Å². The average molecular weight is 253 g/mol. The van der Waals surface area contributed by atoms with Crippen LogP contribution in [0.5, 0.6) is 0 Å². The van der Waals surface area contributed by atoms with Crippen LogP contribution in [0.4, 0.5) is 0 Å². The first-order chi connectivity index (χ1) is 8.83. The van der Waals surface area contributed by atoms with Gasteiger partial charge in [-0.3, -0.25) is 0 Å². The quantitative estimate of drug-likeness (QED) is 0.490. The summed E-state index contributed by atoms with van der Waals surface area (Å²) in [5.41, 5.74) is 1.94. The Balaban J connectivity index is 2.33. The summed E-state index contributed by atoms with van der Waals surface area (Å²) in [5, 5.41) is 5.44. The zero-order valence-corrected chi connectivity index (χ0v) is 10.2. The number of rotatable bonds is 0. The van der Waals surface area contributed by atoms with Gasteiger partial charge in [0.2, 0.25) is 0 Å². The maximum absolute atomic E-state index is 6.02. The number of aromatic nitrogens is 2. The molecule has 0 unspecified atom stereocenters. The third kappa shape index (κ3) is 1.27. The molecule has 2 heterocycles. The molecule has 4 rings (SSSR count). The zero-order valence-electron chi connectivity index (χ0n) is 9.44. The first-order valence-electron chi connectivity index (χ1n) is 5.77. The Morgan fingerprint density at radius 3 is 2.83 bits per heavy atom. The molecule has 0 radical (unpaired) electrons. The summed E-state index contributed by atoms with van der Waals surface area (Å²) in [6.07, 6.45) is 1.90. The molecule has 0 amide bonds. The van der Waals surface area contributed by atoms with Gasteiger partial charge in [-0.05, 0) is 17.5 Å². The van der Waals surface area contributed by atoms with Crippen LogP contribution in [0, 0.1) is 0 Å². The predicted octanol–water partition coefficient (Wildman–Crippen LogP) is 4.52. The fourth-order valence-electron chi connectivity index (χ4n) is 2.50. The first kappa shape index (κ1) is 9.92. The van der Waals surface area contributed by atoms with E-state index in [1.54, 1.807) is 0 Å². The first-order valence-corrected chi connectivity index (χ1v) is 6.15. The van der Waals surface area contributed by atoms with Gasteiger partial charge >= 0.3 is 0 Å². The van der Waals surface area contributed by atoms with Crippen molar-refractivity contribution in [2.75, 3.05) is 0 Å². The Morgan fingerprint density at radius 1 is 1.00 bits per heavy atom. The number of hydrogen-bond acceptors (Lipinski definition) is 1. The number of nitrogens with one attached hydrogen (secondary N) is 1. The molecule has 4 aromatic rings. The van der Waals surface area contributed by atoms with Crippen LogP contribution in [0.2, 0.25) is 5.02 Å². The molecule has 2 aromatic carbocycles. The molecule has 86 valence electrons. The van der Waals surface area contributed by atoms with E-state index in [4.69, 9.17) is 11.6 Å². The summed E-state index contributed by atoms with van der Waals surface area (Å²) in [4.78, 5) is 7.79. The van der Waals surface area contributed by atoms with Crippen molar-refractivity contribution >= 4 is 44.3 Å². The van der Waals surface area contributed by atoms with Crippen molar-refractivity contribution in [1.82, 2.24) is 9.97 Å². The van der Waals surface area contributed by atoms with Gasteiger partial charge in [-0.15, -0.1) is 0 Å². The van der Waals surface area contributed by atoms with Crippen LogP contribution in [0.25, 0.3) is 32.7 Å². The van der Waals surface area contributed by atoms with Crippen LogP contribution in [0.15, 0.2) is 48.7 Å². The SMILES string of the molecule is Clc1ccc2c(c1)[nH]c1ncc3ccccc3c12. The lowest BCUT2D eigenvalue weighted by Gasteiger charge is -1.98. The third-order valence-electron chi connectivity index (χ3n) is 3.30. The Labute approximate surface area is 108 Å². The van der Waals surface area contributed by atoms with E-state index in [9.17, 15) is 0 Å². The normalized spacial score (nSPS) is 11.6. The molecule has 0 saturated carbocycles. The van der Waals surface area contributed by atoms with E-state index in [1.807, 2.05) is 30.5 Å². The molecule has 0 bridgehead atoms. The second kappa shape index (κ2) is 3.47. The Hall–Kier alpha value is -2.06. The number of halogens is 1. The zero-order chi connectivity index (χ0) is 12.1. The summed E-state index contributed by atoms with van der Waals surface area (Å²) in [5.74, 6) is 0. The summed E-state index contributed by atoms with van der Waals surface area (Å²) in [6, 6.07) is 14.2. The summed E-state index contributed by atoms with van der Waals surface area (Å²) < 4.78 is 0. The molecule has 0 spiro atoms. The van der Waals surface area contributed by atoms with Crippen LogP contribution in [0.3, 0.4) is 0 Å². The largest absolute Gasteiger partial charge is 0.339 e. The smallest absolute Gasteiger partial charge is 0.138 e. The molecule has 2 nitrogen and oxygen atoms in total. The number of H-pyrrole nitrogens is 1. The molecular formula is C15H9ClN2. The van der Waals surface area contributed by atoms with Crippen molar-refractivity contribution in [1.29, 1.82) is 0 Å². The molecule has 3 heteroatoms. The van der Waals surface area contributed by atoms with E-state index in [-0.39, 0.29) is 0 Å². The fourth-order valence-corrected chi connectivity index (χ4v) is 2.67. The lowest BCUT2D eigenvalue weighted by atomic mass is 10.1. The van der Waals surface area contributed by atoms with E-state index in [0.29, 0.717) is 0 Å². The monoisotopic (exact) mass is 252 g/mol. The topological polar surface area (TPSA) is 28.7 Å². The molecule has 1 N–H and O–H groups in total. The van der Waals surface area contributed by atoms with Gasteiger partial charge < -0.3 is 4.98 Å². The highest BCUT2D eigenvalue weighted by Gasteiger charge is 2.08. The third-order valence-corrected chi connectivity index (χ3v) is 3.54. The fraction of sp³-hybridized carbons (Fsp3) is 0. The number of fused-ring (bicyclic) bond motifs is 5. The van der Waals surface area contributed by atoms with Gasteiger partial charge in [-0.1, -0.05) is 41.9 Å². The maximum atomic E-state index is 6.02. The van der Waals surface area contributed by atoms with Crippen molar-refractivity contribution in [3.63, 3.8) is 0 Å². The maximum Gasteiger partial charge on any atom is 0.138 e. The van der Waals surface area contributed by atoms with Gasteiger partial charge in [0, 0.05) is 32.9 Å². The number of hydrogen-bond donors (Lipinski definition) is 1. The lowest BCUT2D eigenvalue weighted by molar-refractivity contribution is 1.37. The number of pyridine rings is 1. The minimum Gasteiger partial charge on any atom is -0.339 e. The minimum atomic E-state index is 0.735. The second-order valence-electron chi connectivity index (χ2n) is 4.38. The van der Waals surface area contributed by atoms with Crippen molar-refractivity contribution in [2.45, 2.75) is 0 Å². The van der Waals surface area contributed by atoms with Crippen LogP contribution in [-0.2, 0) is 0 Å². The molecule has 0 fully saturated rings. The average Bonchev–Trinajstić information content (AvgIpc) is 2.76. The van der Waals surface area contributed by atoms with Crippen molar-refractivity contribution in [3.05, 3.63) is 53.7 Å². The minimum absolute atomic E-state index is 0.735. The molecule has 0 saturated heterocycles. The van der Waals surface area contributed by atoms with Crippen LogP contribution >= 0.6 is 11.6 Å². The van der Waals surface area contributed by atoms with E-state index < -0.39 is 0 Å². The van der Waals surface area contributed by atoms with Crippen molar-refractivity contribution in [2.24, 2.45) is 0 Å². The van der Waals surface area contributed by atoms with E-state index in [0.717, 1.165) is 21.6 Å².